The Balaban J connectivity index is 1.46. The molecule has 3 aromatic rings. The number of nitrogens with zero attached hydrogens (tertiary/aromatic N) is 4. The van der Waals surface area contributed by atoms with Crippen molar-refractivity contribution < 1.29 is 4.79 Å². The second-order valence-electron chi connectivity index (χ2n) is 8.52. The molecule has 1 aliphatic heterocycles. The molecule has 0 radical (unpaired) electrons. The monoisotopic (exact) mass is 449 g/mol. The van der Waals surface area contributed by atoms with Crippen LogP contribution in [0.5, 0.6) is 0 Å². The lowest BCUT2D eigenvalue weighted by atomic mass is 10.1. The molecule has 0 spiro atoms. The number of benzene rings is 2. The molecule has 1 fully saturated rings. The Hall–Kier alpha value is -2.64. The van der Waals surface area contributed by atoms with Crippen molar-refractivity contribution in [1.29, 1.82) is 0 Å². The molecule has 6 nitrogen and oxygen atoms in total. The molecule has 2 aromatic carbocycles. The predicted octanol–water partition coefficient (Wildman–Crippen LogP) is 4.66. The van der Waals surface area contributed by atoms with Crippen LogP contribution in [0.25, 0.3) is 0 Å². The van der Waals surface area contributed by atoms with Crippen molar-refractivity contribution in [3.8, 4) is 0 Å². The minimum Gasteiger partial charge on any atom is -0.325 e. The fourth-order valence-electron chi connectivity index (χ4n) is 4.16. The third-order valence-electron chi connectivity index (χ3n) is 5.63. The first-order valence-corrected chi connectivity index (χ1v) is 12.2. The van der Waals surface area contributed by atoms with Gasteiger partial charge in [0.2, 0.25) is 5.91 Å². The fraction of sp³-hybridized carbons (Fsp3) is 0.400. The molecule has 7 heteroatoms. The van der Waals surface area contributed by atoms with E-state index in [0.29, 0.717) is 12.3 Å². The van der Waals surface area contributed by atoms with E-state index in [2.05, 4.69) is 43.2 Å². The van der Waals surface area contributed by atoms with Crippen molar-refractivity contribution in [3.63, 3.8) is 0 Å². The topological polar surface area (TPSA) is 63.1 Å². The van der Waals surface area contributed by atoms with Crippen LogP contribution in [-0.4, -0.2) is 44.4 Å². The Morgan fingerprint density at radius 1 is 0.969 bits per heavy atom. The van der Waals surface area contributed by atoms with Gasteiger partial charge in [0.1, 0.15) is 5.82 Å². The van der Waals surface area contributed by atoms with E-state index in [-0.39, 0.29) is 5.91 Å². The summed E-state index contributed by atoms with van der Waals surface area (Å²) in [6.07, 6.45) is 3.80. The number of amides is 1. The zero-order valence-electron chi connectivity index (χ0n) is 18.9. The maximum Gasteiger partial charge on any atom is 0.234 e. The van der Waals surface area contributed by atoms with Crippen molar-refractivity contribution in [2.75, 3.05) is 24.2 Å². The number of hydrogen-bond acceptors (Lipinski definition) is 5. The number of rotatable bonds is 8. The molecule has 1 N–H and O–H groups in total. The zero-order chi connectivity index (χ0) is 22.3. The smallest absolute Gasteiger partial charge is 0.234 e. The molecule has 0 unspecified atom stereocenters. The first-order valence-electron chi connectivity index (χ1n) is 11.3. The summed E-state index contributed by atoms with van der Waals surface area (Å²) in [6, 6.07) is 16.4. The van der Waals surface area contributed by atoms with E-state index >= 15 is 0 Å². The van der Waals surface area contributed by atoms with E-state index in [1.54, 1.807) is 0 Å². The van der Waals surface area contributed by atoms with E-state index in [9.17, 15) is 4.79 Å². The molecular formula is C25H31N5OS. The number of piperidine rings is 1. The summed E-state index contributed by atoms with van der Waals surface area (Å²) in [7, 11) is 0. The second-order valence-corrected chi connectivity index (χ2v) is 9.46. The highest BCUT2D eigenvalue weighted by Crippen LogP contribution is 2.22. The van der Waals surface area contributed by atoms with E-state index in [4.69, 9.17) is 0 Å². The molecule has 0 atom stereocenters. The van der Waals surface area contributed by atoms with Crippen molar-refractivity contribution in [1.82, 2.24) is 19.7 Å². The van der Waals surface area contributed by atoms with Crippen molar-refractivity contribution in [2.45, 2.75) is 51.4 Å². The average molecular weight is 450 g/mol. The van der Waals surface area contributed by atoms with Crippen LogP contribution in [0, 0.1) is 13.8 Å². The Kier molecular flexibility index (Phi) is 7.60. The number of likely N-dealkylation sites (tertiary alicyclic amines) is 1. The highest BCUT2D eigenvalue weighted by atomic mass is 32.2. The molecule has 0 bridgehead atoms. The molecule has 168 valence electrons. The van der Waals surface area contributed by atoms with Crippen LogP contribution in [0.4, 0.5) is 5.69 Å². The lowest BCUT2D eigenvalue weighted by Gasteiger charge is -2.26. The van der Waals surface area contributed by atoms with Gasteiger partial charge >= 0.3 is 0 Å². The standard InChI is InChI=1S/C25H31N5OS/c1-19-13-20(2)15-22(14-19)26-24(31)18-32-25-28-27-23(17-29-11-7-4-8-12-29)30(25)16-21-9-5-3-6-10-21/h3,5-6,9-10,13-15H,4,7-8,11-12,16-18H2,1-2H3,(H,26,31). The molecule has 1 aromatic heterocycles. The normalized spacial score (nSPS) is 14.4. The van der Waals surface area contributed by atoms with Crippen LogP contribution in [0.15, 0.2) is 53.7 Å². The van der Waals surface area contributed by atoms with Gasteiger partial charge in [-0.1, -0.05) is 54.6 Å². The first-order chi connectivity index (χ1) is 15.6. The highest BCUT2D eigenvalue weighted by Gasteiger charge is 2.18. The van der Waals surface area contributed by atoms with E-state index in [1.807, 2.05) is 44.2 Å². The Bertz CT molecular complexity index is 1020. The SMILES string of the molecule is Cc1cc(C)cc(NC(=O)CSc2nnc(CN3CCCCC3)n2Cc2ccccc2)c1. The lowest BCUT2D eigenvalue weighted by molar-refractivity contribution is -0.113. The van der Waals surface area contributed by atoms with Gasteiger partial charge < -0.3 is 9.88 Å². The Labute approximate surface area is 194 Å². The van der Waals surface area contributed by atoms with Gasteiger partial charge in [-0.15, -0.1) is 10.2 Å². The third-order valence-corrected chi connectivity index (χ3v) is 6.60. The summed E-state index contributed by atoms with van der Waals surface area (Å²) in [5.74, 6) is 1.23. The zero-order valence-corrected chi connectivity index (χ0v) is 19.7. The lowest BCUT2D eigenvalue weighted by Crippen LogP contribution is -2.30. The average Bonchev–Trinajstić information content (AvgIpc) is 3.14. The molecule has 1 saturated heterocycles. The van der Waals surface area contributed by atoms with Crippen molar-refractivity contribution in [2.24, 2.45) is 0 Å². The minimum absolute atomic E-state index is 0.0353. The van der Waals surface area contributed by atoms with E-state index < -0.39 is 0 Å². The van der Waals surface area contributed by atoms with E-state index in [1.165, 1.54) is 36.6 Å². The number of hydrogen-bond donors (Lipinski definition) is 1. The van der Waals surface area contributed by atoms with Crippen LogP contribution in [0.3, 0.4) is 0 Å². The largest absolute Gasteiger partial charge is 0.325 e. The number of carbonyl (C=O) groups excluding carboxylic acids is 1. The van der Waals surface area contributed by atoms with Crippen LogP contribution in [0.1, 0.15) is 41.8 Å². The summed E-state index contributed by atoms with van der Waals surface area (Å²) >= 11 is 1.44. The first kappa shape index (κ1) is 22.6. The highest BCUT2D eigenvalue weighted by molar-refractivity contribution is 7.99. The number of carbonyl (C=O) groups is 1. The van der Waals surface area contributed by atoms with Crippen LogP contribution in [0.2, 0.25) is 0 Å². The molecule has 2 heterocycles. The summed E-state index contributed by atoms with van der Waals surface area (Å²) in [6.45, 7) is 7.80. The van der Waals surface area contributed by atoms with Gasteiger partial charge in [0.25, 0.3) is 0 Å². The maximum atomic E-state index is 12.6. The number of aromatic nitrogens is 3. The van der Waals surface area contributed by atoms with Gasteiger partial charge in [-0.05, 0) is 68.6 Å². The summed E-state index contributed by atoms with van der Waals surface area (Å²) in [5, 5.41) is 12.8. The molecule has 0 saturated carbocycles. The fourth-order valence-corrected chi connectivity index (χ4v) is 4.92. The predicted molar refractivity (Wildman–Crippen MR) is 130 cm³/mol. The number of anilines is 1. The van der Waals surface area contributed by atoms with Gasteiger partial charge in [-0.25, -0.2) is 0 Å². The quantitative estimate of drug-likeness (QED) is 0.507. The second kappa shape index (κ2) is 10.8. The number of aryl methyl sites for hydroxylation is 2. The summed E-state index contributed by atoms with van der Waals surface area (Å²) < 4.78 is 2.17. The Morgan fingerprint density at radius 3 is 2.41 bits per heavy atom. The van der Waals surface area contributed by atoms with E-state index in [0.717, 1.165) is 47.4 Å². The van der Waals surface area contributed by atoms with Crippen molar-refractivity contribution in [3.05, 3.63) is 71.0 Å². The molecule has 1 amide bonds. The van der Waals surface area contributed by atoms with Gasteiger partial charge in [-0.3, -0.25) is 9.69 Å². The number of nitrogens with one attached hydrogen (secondary N) is 1. The molecule has 32 heavy (non-hydrogen) atoms. The summed E-state index contributed by atoms with van der Waals surface area (Å²) in [4.78, 5) is 15.1. The van der Waals surface area contributed by atoms with Crippen LogP contribution >= 0.6 is 11.8 Å². The Morgan fingerprint density at radius 2 is 1.69 bits per heavy atom. The third kappa shape index (κ3) is 6.20. The molecule has 0 aliphatic carbocycles. The van der Waals surface area contributed by atoms with Gasteiger partial charge in [0.15, 0.2) is 5.16 Å². The number of thioether (sulfide) groups is 1. The van der Waals surface area contributed by atoms with Gasteiger partial charge in [0.05, 0.1) is 18.8 Å². The van der Waals surface area contributed by atoms with Crippen LogP contribution < -0.4 is 5.32 Å². The molecule has 4 rings (SSSR count). The minimum atomic E-state index is -0.0353. The van der Waals surface area contributed by atoms with Crippen LogP contribution in [-0.2, 0) is 17.9 Å². The molecule has 1 aliphatic rings. The maximum absolute atomic E-state index is 12.6. The summed E-state index contributed by atoms with van der Waals surface area (Å²) in [5.41, 5.74) is 4.31. The van der Waals surface area contributed by atoms with Crippen molar-refractivity contribution >= 4 is 23.4 Å². The molecular weight excluding hydrogens is 418 g/mol. The van der Waals surface area contributed by atoms with Gasteiger partial charge in [-0.2, -0.15) is 0 Å². The van der Waals surface area contributed by atoms with Gasteiger partial charge in [0, 0.05) is 5.69 Å².